The van der Waals surface area contributed by atoms with Crippen LogP contribution in [0, 0.1) is 0 Å². The van der Waals surface area contributed by atoms with Gasteiger partial charge in [0.1, 0.15) is 0 Å². The number of nitrogens with zero attached hydrogens (tertiary/aromatic N) is 2. The summed E-state index contributed by atoms with van der Waals surface area (Å²) in [6.45, 7) is 9.62. The second kappa shape index (κ2) is 13.5. The van der Waals surface area contributed by atoms with Gasteiger partial charge in [0.2, 0.25) is 0 Å². The van der Waals surface area contributed by atoms with Crippen LogP contribution in [0.25, 0.3) is 71.7 Å². The van der Waals surface area contributed by atoms with Crippen molar-refractivity contribution >= 4 is 60.8 Å². The van der Waals surface area contributed by atoms with Crippen LogP contribution in [0.15, 0.2) is 206 Å². The number of hydrogen-bond donors (Lipinski definition) is 0. The third kappa shape index (κ3) is 5.36. The zero-order valence-corrected chi connectivity index (χ0v) is 35.5. The number of anilines is 3. The van der Waals surface area contributed by atoms with Crippen molar-refractivity contribution in [3.63, 3.8) is 0 Å². The summed E-state index contributed by atoms with van der Waals surface area (Å²) in [5, 5.41) is 4.99. The Morgan fingerprint density at radius 1 is 0.371 bits per heavy atom. The molecule has 0 unspecified atom stereocenters. The molecule has 0 saturated heterocycles. The van der Waals surface area contributed by atoms with Crippen LogP contribution >= 0.6 is 0 Å². The second-order valence-electron chi connectivity index (χ2n) is 18.2. The molecule has 0 spiro atoms. The van der Waals surface area contributed by atoms with Crippen LogP contribution in [-0.4, -0.2) is 4.57 Å². The second-order valence-corrected chi connectivity index (χ2v) is 18.2. The maximum atomic E-state index is 2.46. The first-order chi connectivity index (χ1) is 30.3. The van der Waals surface area contributed by atoms with Gasteiger partial charge < -0.3 is 9.47 Å². The average molecular weight is 795 g/mol. The first-order valence-electron chi connectivity index (χ1n) is 21.8. The van der Waals surface area contributed by atoms with Crippen LogP contribution in [0.1, 0.15) is 49.9 Å². The quantitative estimate of drug-likeness (QED) is 0.163. The number of rotatable bonds is 6. The van der Waals surface area contributed by atoms with Crippen molar-refractivity contribution in [2.24, 2.45) is 0 Å². The molecule has 2 aliphatic rings. The molecular formula is C60H46N2. The molecule has 2 heteroatoms. The standard InChI is InChI=1S/C60H46N2/c1-59(2)52-25-14-13-24-49(52)57-58(59)50-33-28-43(37-53(50)60(57,3)4)40-26-30-45(31-27-40)61(46-22-15-19-42(36-46)39-16-7-5-8-17-39)47-32-35-54-51(38-47)56-48-23-12-11-18-41(48)29-34-55(56)62(54)44-20-9-6-10-21-44/h5-38H,1-4H3. The monoisotopic (exact) mass is 794 g/mol. The molecule has 12 rings (SSSR count). The Morgan fingerprint density at radius 3 is 1.76 bits per heavy atom. The normalized spacial score (nSPS) is 14.6. The number of allylic oxidation sites excluding steroid dienone is 2. The average Bonchev–Trinajstić information content (AvgIpc) is 3.88. The van der Waals surface area contributed by atoms with Gasteiger partial charge in [-0.2, -0.15) is 0 Å². The molecule has 0 atom stereocenters. The molecule has 2 aliphatic carbocycles. The molecule has 0 saturated carbocycles. The SMILES string of the molecule is CC1(C)C2=C(c3ccccc31)C(C)(C)c1cc(-c3ccc(N(c4cccc(-c5ccccc5)c4)c4ccc5c(c4)c4c6ccccc6ccc4n5-c4ccccc4)cc3)ccc12. The van der Waals surface area contributed by atoms with E-state index in [0.29, 0.717) is 0 Å². The van der Waals surface area contributed by atoms with Gasteiger partial charge in [0.25, 0.3) is 0 Å². The lowest BCUT2D eigenvalue weighted by Crippen LogP contribution is -2.19. The highest BCUT2D eigenvalue weighted by molar-refractivity contribution is 6.22. The van der Waals surface area contributed by atoms with Crippen molar-refractivity contribution in [1.29, 1.82) is 0 Å². The van der Waals surface area contributed by atoms with E-state index in [1.807, 2.05) is 0 Å². The van der Waals surface area contributed by atoms with E-state index in [4.69, 9.17) is 0 Å². The Balaban J connectivity index is 1.00. The predicted molar refractivity (Wildman–Crippen MR) is 263 cm³/mol. The first-order valence-corrected chi connectivity index (χ1v) is 21.8. The van der Waals surface area contributed by atoms with Crippen molar-refractivity contribution < 1.29 is 0 Å². The molecule has 0 radical (unpaired) electrons. The molecule has 1 aromatic heterocycles. The molecule has 9 aromatic carbocycles. The fourth-order valence-electron chi connectivity index (χ4n) is 11.0. The van der Waals surface area contributed by atoms with E-state index in [2.05, 4.69) is 243 Å². The lowest BCUT2D eigenvalue weighted by Gasteiger charge is -2.28. The lowest BCUT2D eigenvalue weighted by molar-refractivity contribution is 0.694. The molecule has 0 aliphatic heterocycles. The molecule has 2 nitrogen and oxygen atoms in total. The highest BCUT2D eigenvalue weighted by Crippen LogP contribution is 2.62. The van der Waals surface area contributed by atoms with Gasteiger partial charge in [0.15, 0.2) is 0 Å². The van der Waals surface area contributed by atoms with E-state index in [9.17, 15) is 0 Å². The molecule has 10 aromatic rings. The van der Waals surface area contributed by atoms with Crippen molar-refractivity contribution in [1.82, 2.24) is 4.57 Å². The van der Waals surface area contributed by atoms with Crippen LogP contribution < -0.4 is 4.90 Å². The summed E-state index contributed by atoms with van der Waals surface area (Å²) < 4.78 is 2.41. The zero-order valence-electron chi connectivity index (χ0n) is 35.5. The fourth-order valence-corrected chi connectivity index (χ4v) is 11.0. The van der Waals surface area contributed by atoms with Gasteiger partial charge in [-0.15, -0.1) is 0 Å². The van der Waals surface area contributed by atoms with Crippen molar-refractivity contribution in [2.75, 3.05) is 4.90 Å². The summed E-state index contributed by atoms with van der Waals surface area (Å²) in [6, 6.07) is 76.2. The van der Waals surface area contributed by atoms with E-state index in [-0.39, 0.29) is 10.8 Å². The first kappa shape index (κ1) is 36.4. The summed E-state index contributed by atoms with van der Waals surface area (Å²) in [7, 11) is 0. The predicted octanol–water partition coefficient (Wildman–Crippen LogP) is 16.2. The number of benzene rings is 9. The van der Waals surface area contributed by atoms with Gasteiger partial charge in [-0.25, -0.2) is 0 Å². The Kier molecular flexibility index (Phi) is 7.96. The lowest BCUT2D eigenvalue weighted by atomic mass is 9.75. The molecule has 0 amide bonds. The van der Waals surface area contributed by atoms with E-state index in [1.165, 1.54) is 88.2 Å². The van der Waals surface area contributed by atoms with Gasteiger partial charge in [-0.05, 0) is 133 Å². The molecular weight excluding hydrogens is 749 g/mol. The van der Waals surface area contributed by atoms with Crippen LogP contribution in [0.3, 0.4) is 0 Å². The summed E-state index contributed by atoms with van der Waals surface area (Å²) in [4.78, 5) is 2.42. The van der Waals surface area contributed by atoms with Crippen molar-refractivity contribution in [3.8, 4) is 27.9 Å². The maximum absolute atomic E-state index is 2.46. The summed E-state index contributed by atoms with van der Waals surface area (Å²) in [6.07, 6.45) is 0. The zero-order chi connectivity index (χ0) is 41.7. The number of fused-ring (bicyclic) bond motifs is 9. The topological polar surface area (TPSA) is 8.17 Å². The number of hydrogen-bond acceptors (Lipinski definition) is 1. The van der Waals surface area contributed by atoms with E-state index < -0.39 is 0 Å². The minimum absolute atomic E-state index is 0.0363. The maximum Gasteiger partial charge on any atom is 0.0547 e. The molecule has 0 bridgehead atoms. The molecule has 62 heavy (non-hydrogen) atoms. The Morgan fingerprint density at radius 2 is 0.952 bits per heavy atom. The van der Waals surface area contributed by atoms with Crippen LogP contribution in [0.2, 0.25) is 0 Å². The van der Waals surface area contributed by atoms with Gasteiger partial charge in [-0.3, -0.25) is 0 Å². The van der Waals surface area contributed by atoms with Gasteiger partial charge in [0.05, 0.1) is 11.0 Å². The number of para-hydroxylation sites is 1. The third-order valence-electron chi connectivity index (χ3n) is 13.9. The summed E-state index contributed by atoms with van der Waals surface area (Å²) in [5.41, 5.74) is 20.2. The van der Waals surface area contributed by atoms with Gasteiger partial charge in [0, 0.05) is 44.4 Å². The van der Waals surface area contributed by atoms with Crippen molar-refractivity contribution in [3.05, 3.63) is 229 Å². The fraction of sp³-hybridized carbons (Fsp3) is 0.100. The largest absolute Gasteiger partial charge is 0.310 e. The summed E-state index contributed by atoms with van der Waals surface area (Å²) >= 11 is 0. The van der Waals surface area contributed by atoms with Crippen molar-refractivity contribution in [2.45, 2.75) is 38.5 Å². The van der Waals surface area contributed by atoms with Crippen LogP contribution in [0.4, 0.5) is 17.1 Å². The molecule has 0 fully saturated rings. The van der Waals surface area contributed by atoms with Crippen LogP contribution in [-0.2, 0) is 10.8 Å². The minimum Gasteiger partial charge on any atom is -0.310 e. The van der Waals surface area contributed by atoms with E-state index in [0.717, 1.165) is 22.7 Å². The highest BCUT2D eigenvalue weighted by atomic mass is 15.1. The molecule has 1 heterocycles. The van der Waals surface area contributed by atoms with Gasteiger partial charge in [-0.1, -0.05) is 167 Å². The Hall–Kier alpha value is -7.42. The molecule has 296 valence electrons. The Labute approximate surface area is 363 Å². The van der Waals surface area contributed by atoms with E-state index in [1.54, 1.807) is 0 Å². The minimum atomic E-state index is -0.0985. The summed E-state index contributed by atoms with van der Waals surface area (Å²) in [5.74, 6) is 0. The molecule has 0 N–H and O–H groups in total. The van der Waals surface area contributed by atoms with E-state index >= 15 is 0 Å². The van der Waals surface area contributed by atoms with Gasteiger partial charge >= 0.3 is 0 Å². The van der Waals surface area contributed by atoms with Crippen LogP contribution in [0.5, 0.6) is 0 Å². The number of aromatic nitrogens is 1. The highest BCUT2D eigenvalue weighted by Gasteiger charge is 2.49. The Bertz CT molecular complexity index is 3440. The smallest absolute Gasteiger partial charge is 0.0547 e. The third-order valence-corrected chi connectivity index (χ3v) is 13.9.